The van der Waals surface area contributed by atoms with Crippen molar-refractivity contribution in [3.05, 3.63) is 47.4 Å². The average Bonchev–Trinajstić information content (AvgIpc) is 3.16. The highest BCUT2D eigenvalue weighted by molar-refractivity contribution is 7.12. The minimum atomic E-state index is -0.268. The van der Waals surface area contributed by atoms with Crippen molar-refractivity contribution in [3.8, 4) is 5.13 Å². The van der Waals surface area contributed by atoms with Crippen LogP contribution in [0.15, 0.2) is 34.3 Å². The number of thiazole rings is 1. The summed E-state index contributed by atoms with van der Waals surface area (Å²) < 4.78 is 7.03. The van der Waals surface area contributed by atoms with Crippen LogP contribution in [-0.2, 0) is 6.54 Å². The van der Waals surface area contributed by atoms with Gasteiger partial charge < -0.3 is 14.3 Å². The van der Waals surface area contributed by atoms with Crippen LogP contribution < -0.4 is 5.32 Å². The van der Waals surface area contributed by atoms with Crippen molar-refractivity contribution >= 4 is 17.2 Å². The molecular formula is C12H11N5O2S. The molecule has 0 unspecified atom stereocenters. The molecule has 0 spiro atoms. The lowest BCUT2D eigenvalue weighted by Gasteiger charge is -1.98. The van der Waals surface area contributed by atoms with Crippen molar-refractivity contribution < 1.29 is 9.21 Å². The van der Waals surface area contributed by atoms with E-state index in [0.717, 1.165) is 5.13 Å². The topological polar surface area (TPSA) is 85.8 Å². The number of hydrogen-bond acceptors (Lipinski definition) is 6. The third-order valence-electron chi connectivity index (χ3n) is 2.52. The Labute approximate surface area is 118 Å². The van der Waals surface area contributed by atoms with E-state index in [2.05, 4.69) is 20.5 Å². The van der Waals surface area contributed by atoms with Crippen molar-refractivity contribution in [1.29, 1.82) is 0 Å². The third-order valence-corrected chi connectivity index (χ3v) is 3.37. The van der Waals surface area contributed by atoms with Gasteiger partial charge in [-0.3, -0.25) is 4.79 Å². The van der Waals surface area contributed by atoms with Gasteiger partial charge in [-0.1, -0.05) is 0 Å². The van der Waals surface area contributed by atoms with Crippen LogP contribution in [0, 0.1) is 6.92 Å². The first kappa shape index (κ1) is 12.5. The molecule has 3 heterocycles. The summed E-state index contributed by atoms with van der Waals surface area (Å²) in [6.45, 7) is 1.89. The summed E-state index contributed by atoms with van der Waals surface area (Å²) in [7, 11) is 0. The van der Waals surface area contributed by atoms with Crippen molar-refractivity contribution in [3.63, 3.8) is 0 Å². The fourth-order valence-electron chi connectivity index (χ4n) is 1.60. The number of aromatic nitrogens is 4. The number of aryl methyl sites for hydroxylation is 1. The zero-order chi connectivity index (χ0) is 13.9. The number of carbonyl (C=O) groups is 1. The van der Waals surface area contributed by atoms with Gasteiger partial charge in [0.25, 0.3) is 5.91 Å². The molecule has 0 saturated heterocycles. The largest absolute Gasteiger partial charge is 0.424 e. The SMILES string of the molecule is Cc1nnc(CNC(=O)c2csc(-n3cccc3)n2)o1. The van der Waals surface area contributed by atoms with Gasteiger partial charge in [0.05, 0.1) is 6.54 Å². The predicted octanol–water partition coefficient (Wildman–Crippen LogP) is 1.56. The van der Waals surface area contributed by atoms with E-state index in [1.54, 1.807) is 12.3 Å². The average molecular weight is 289 g/mol. The summed E-state index contributed by atoms with van der Waals surface area (Å²) in [5.74, 6) is 0.574. The van der Waals surface area contributed by atoms with E-state index in [4.69, 9.17) is 4.42 Å². The van der Waals surface area contributed by atoms with Crippen LogP contribution in [0.25, 0.3) is 5.13 Å². The van der Waals surface area contributed by atoms with Crippen molar-refractivity contribution in [2.24, 2.45) is 0 Å². The minimum Gasteiger partial charge on any atom is -0.424 e. The highest BCUT2D eigenvalue weighted by Gasteiger charge is 2.12. The van der Waals surface area contributed by atoms with Gasteiger partial charge in [-0.2, -0.15) is 0 Å². The Morgan fingerprint density at radius 1 is 1.40 bits per heavy atom. The number of hydrogen-bond donors (Lipinski definition) is 1. The molecule has 3 aromatic heterocycles. The smallest absolute Gasteiger partial charge is 0.271 e. The zero-order valence-electron chi connectivity index (χ0n) is 10.6. The maximum Gasteiger partial charge on any atom is 0.271 e. The summed E-state index contributed by atoms with van der Waals surface area (Å²) in [5.41, 5.74) is 0.370. The summed E-state index contributed by atoms with van der Waals surface area (Å²) in [5, 5.41) is 12.6. The van der Waals surface area contributed by atoms with E-state index >= 15 is 0 Å². The van der Waals surface area contributed by atoms with Gasteiger partial charge in [0.15, 0.2) is 5.13 Å². The first-order valence-corrected chi connectivity index (χ1v) is 6.76. The lowest BCUT2D eigenvalue weighted by atomic mass is 10.4. The highest BCUT2D eigenvalue weighted by atomic mass is 32.1. The first-order chi connectivity index (χ1) is 9.72. The molecule has 7 nitrogen and oxygen atoms in total. The Hall–Kier alpha value is -2.48. The van der Waals surface area contributed by atoms with E-state index in [0.29, 0.717) is 17.5 Å². The number of amides is 1. The molecule has 20 heavy (non-hydrogen) atoms. The molecule has 0 aromatic carbocycles. The van der Waals surface area contributed by atoms with Crippen LogP contribution in [0.5, 0.6) is 0 Å². The maximum atomic E-state index is 11.9. The number of rotatable bonds is 4. The Balaban J connectivity index is 1.65. The fourth-order valence-corrected chi connectivity index (χ4v) is 2.38. The summed E-state index contributed by atoms with van der Waals surface area (Å²) >= 11 is 1.40. The Kier molecular flexibility index (Phi) is 3.30. The van der Waals surface area contributed by atoms with E-state index in [1.165, 1.54) is 11.3 Å². The van der Waals surface area contributed by atoms with Crippen LogP contribution in [0.2, 0.25) is 0 Å². The minimum absolute atomic E-state index is 0.191. The quantitative estimate of drug-likeness (QED) is 0.787. The molecule has 0 aliphatic heterocycles. The third kappa shape index (κ3) is 2.59. The molecule has 1 amide bonds. The second kappa shape index (κ2) is 5.25. The van der Waals surface area contributed by atoms with Gasteiger partial charge in [0.1, 0.15) is 5.69 Å². The second-order valence-electron chi connectivity index (χ2n) is 4.00. The number of carbonyl (C=O) groups excluding carboxylic acids is 1. The van der Waals surface area contributed by atoms with Gasteiger partial charge >= 0.3 is 0 Å². The molecule has 0 radical (unpaired) electrons. The van der Waals surface area contributed by atoms with Crippen LogP contribution in [-0.4, -0.2) is 25.7 Å². The number of nitrogens with one attached hydrogen (secondary N) is 1. The summed E-state index contributed by atoms with van der Waals surface area (Å²) in [4.78, 5) is 16.2. The van der Waals surface area contributed by atoms with E-state index < -0.39 is 0 Å². The molecule has 102 valence electrons. The van der Waals surface area contributed by atoms with Gasteiger partial charge in [-0.25, -0.2) is 4.98 Å². The number of nitrogens with zero attached hydrogens (tertiary/aromatic N) is 4. The molecule has 8 heteroatoms. The molecule has 1 N–H and O–H groups in total. The summed E-state index contributed by atoms with van der Waals surface area (Å²) in [6.07, 6.45) is 3.75. The zero-order valence-corrected chi connectivity index (χ0v) is 11.4. The monoisotopic (exact) mass is 289 g/mol. The Morgan fingerprint density at radius 3 is 2.90 bits per heavy atom. The molecular weight excluding hydrogens is 278 g/mol. The van der Waals surface area contributed by atoms with Gasteiger partial charge in [-0.15, -0.1) is 21.5 Å². The predicted molar refractivity (Wildman–Crippen MR) is 71.6 cm³/mol. The lowest BCUT2D eigenvalue weighted by Crippen LogP contribution is -2.23. The Morgan fingerprint density at radius 2 is 2.20 bits per heavy atom. The van der Waals surface area contributed by atoms with Crippen molar-refractivity contribution in [1.82, 2.24) is 25.1 Å². The Bertz CT molecular complexity index is 716. The van der Waals surface area contributed by atoms with E-state index in [1.807, 2.05) is 29.1 Å². The van der Waals surface area contributed by atoms with Crippen molar-refractivity contribution in [2.75, 3.05) is 0 Å². The first-order valence-electron chi connectivity index (χ1n) is 5.88. The molecule has 0 fully saturated rings. The van der Waals surface area contributed by atoms with Crippen LogP contribution >= 0.6 is 11.3 Å². The molecule has 3 aromatic rings. The van der Waals surface area contributed by atoms with Crippen LogP contribution in [0.3, 0.4) is 0 Å². The van der Waals surface area contributed by atoms with Gasteiger partial charge in [0, 0.05) is 24.7 Å². The second-order valence-corrected chi connectivity index (χ2v) is 4.84. The van der Waals surface area contributed by atoms with Crippen LogP contribution in [0.1, 0.15) is 22.3 Å². The standard InChI is InChI=1S/C12H11N5O2S/c1-8-15-16-10(19-8)6-13-11(18)9-7-20-12(14-9)17-4-2-3-5-17/h2-5,7H,6H2,1H3,(H,13,18). The molecule has 3 rings (SSSR count). The molecule has 0 bridgehead atoms. The normalized spacial score (nSPS) is 10.7. The molecule has 0 saturated carbocycles. The lowest BCUT2D eigenvalue weighted by molar-refractivity contribution is 0.0943. The van der Waals surface area contributed by atoms with Crippen molar-refractivity contribution in [2.45, 2.75) is 13.5 Å². The fraction of sp³-hybridized carbons (Fsp3) is 0.167. The van der Waals surface area contributed by atoms with Gasteiger partial charge in [0.2, 0.25) is 11.8 Å². The molecule has 0 aliphatic carbocycles. The van der Waals surface area contributed by atoms with E-state index in [9.17, 15) is 4.79 Å². The highest BCUT2D eigenvalue weighted by Crippen LogP contribution is 2.14. The molecule has 0 atom stereocenters. The maximum absolute atomic E-state index is 11.9. The summed E-state index contributed by atoms with van der Waals surface area (Å²) in [6, 6.07) is 3.80. The van der Waals surface area contributed by atoms with E-state index in [-0.39, 0.29) is 12.5 Å². The van der Waals surface area contributed by atoms with Gasteiger partial charge in [-0.05, 0) is 12.1 Å². The molecule has 0 aliphatic rings. The van der Waals surface area contributed by atoms with Crippen LogP contribution in [0.4, 0.5) is 0 Å².